The van der Waals surface area contributed by atoms with E-state index in [4.69, 9.17) is 10.5 Å². The first kappa shape index (κ1) is 13.9. The average molecular weight is 274 g/mol. The molecule has 1 aromatic carbocycles. The van der Waals surface area contributed by atoms with E-state index in [1.165, 1.54) is 0 Å². The van der Waals surface area contributed by atoms with E-state index in [9.17, 15) is 4.79 Å². The van der Waals surface area contributed by atoms with Gasteiger partial charge in [-0.25, -0.2) is 0 Å². The van der Waals surface area contributed by atoms with Gasteiger partial charge >= 0.3 is 0 Å². The van der Waals surface area contributed by atoms with E-state index in [-0.39, 0.29) is 5.91 Å². The zero-order valence-corrected chi connectivity index (χ0v) is 11.8. The lowest BCUT2D eigenvalue weighted by Gasteiger charge is -2.08. The zero-order valence-electron chi connectivity index (χ0n) is 11.8. The number of ether oxygens (including phenoxy) is 1. The van der Waals surface area contributed by atoms with Gasteiger partial charge in [-0.3, -0.25) is 9.48 Å². The Morgan fingerprint density at radius 2 is 2.25 bits per heavy atom. The lowest BCUT2D eigenvalue weighted by atomic mass is 10.2. The maximum absolute atomic E-state index is 12.2. The normalized spacial score (nSPS) is 10.3. The van der Waals surface area contributed by atoms with Crippen molar-refractivity contribution in [3.05, 3.63) is 35.7 Å². The highest BCUT2D eigenvalue weighted by Gasteiger charge is 2.14. The molecule has 2 aromatic rings. The molecule has 6 heteroatoms. The van der Waals surface area contributed by atoms with Crippen LogP contribution in [0.1, 0.15) is 23.0 Å². The molecule has 0 atom stereocenters. The van der Waals surface area contributed by atoms with E-state index >= 15 is 0 Å². The number of nitrogens with one attached hydrogen (secondary N) is 1. The van der Waals surface area contributed by atoms with Gasteiger partial charge in [0.05, 0.1) is 24.1 Å². The molecule has 2 rings (SSSR count). The van der Waals surface area contributed by atoms with Crippen LogP contribution in [0.4, 0.5) is 11.4 Å². The summed E-state index contributed by atoms with van der Waals surface area (Å²) in [5, 5.41) is 7.06. The molecule has 0 fully saturated rings. The summed E-state index contributed by atoms with van der Waals surface area (Å²) >= 11 is 0. The van der Waals surface area contributed by atoms with Gasteiger partial charge in [0.2, 0.25) is 0 Å². The largest absolute Gasteiger partial charge is 0.495 e. The number of rotatable bonds is 4. The number of hydrogen-bond donors (Lipinski definition) is 2. The predicted octanol–water partition coefficient (Wildman–Crippen LogP) is 1.83. The smallest absolute Gasteiger partial charge is 0.259 e. The van der Waals surface area contributed by atoms with Crippen molar-refractivity contribution >= 4 is 17.3 Å². The van der Waals surface area contributed by atoms with E-state index < -0.39 is 0 Å². The maximum atomic E-state index is 12.2. The Balaban J connectivity index is 2.21. The first-order valence-electron chi connectivity index (χ1n) is 6.32. The number of methoxy groups -OCH3 is 1. The Labute approximate surface area is 117 Å². The standard InChI is InChI=1S/C14H18N4O2/c1-4-12-10(8-18(2)17-12)14(19)16-9-5-6-13(20-3)11(15)7-9/h5-8H,4,15H2,1-3H3,(H,16,19). The number of nitrogen functional groups attached to an aromatic ring is 1. The van der Waals surface area contributed by atoms with Gasteiger partial charge in [0.1, 0.15) is 5.75 Å². The van der Waals surface area contributed by atoms with Crippen LogP contribution < -0.4 is 15.8 Å². The Morgan fingerprint density at radius 3 is 2.85 bits per heavy atom. The van der Waals surface area contributed by atoms with Crippen LogP contribution in [-0.4, -0.2) is 22.8 Å². The second kappa shape index (κ2) is 5.64. The van der Waals surface area contributed by atoms with Crippen molar-refractivity contribution in [2.75, 3.05) is 18.2 Å². The van der Waals surface area contributed by atoms with Gasteiger partial charge in [-0.15, -0.1) is 0 Å². The number of carbonyl (C=O) groups excluding carboxylic acids is 1. The van der Waals surface area contributed by atoms with Crippen molar-refractivity contribution < 1.29 is 9.53 Å². The highest BCUT2D eigenvalue weighted by Crippen LogP contribution is 2.25. The number of benzene rings is 1. The molecule has 0 aliphatic rings. The fraction of sp³-hybridized carbons (Fsp3) is 0.286. The molecule has 1 amide bonds. The minimum atomic E-state index is -0.195. The number of aryl methyl sites for hydroxylation is 2. The topological polar surface area (TPSA) is 82.2 Å². The van der Waals surface area contributed by atoms with Crippen molar-refractivity contribution in [1.29, 1.82) is 0 Å². The lowest BCUT2D eigenvalue weighted by Crippen LogP contribution is -2.13. The fourth-order valence-corrected chi connectivity index (χ4v) is 2.00. The molecule has 0 bridgehead atoms. The van der Waals surface area contributed by atoms with Gasteiger partial charge in [0, 0.05) is 18.9 Å². The number of carbonyl (C=O) groups is 1. The van der Waals surface area contributed by atoms with Crippen molar-refractivity contribution in [2.45, 2.75) is 13.3 Å². The third-order valence-corrected chi connectivity index (χ3v) is 2.97. The van der Waals surface area contributed by atoms with Crippen LogP contribution in [0, 0.1) is 0 Å². The molecule has 0 unspecified atom stereocenters. The van der Waals surface area contributed by atoms with Crippen LogP contribution in [0.2, 0.25) is 0 Å². The van der Waals surface area contributed by atoms with Crippen molar-refractivity contribution in [1.82, 2.24) is 9.78 Å². The molecule has 0 spiro atoms. The number of nitrogens with zero attached hydrogens (tertiary/aromatic N) is 2. The summed E-state index contributed by atoms with van der Waals surface area (Å²) in [5.41, 5.74) is 8.26. The van der Waals surface area contributed by atoms with Crippen LogP contribution in [0.15, 0.2) is 24.4 Å². The van der Waals surface area contributed by atoms with Gasteiger partial charge in [-0.2, -0.15) is 5.10 Å². The summed E-state index contributed by atoms with van der Waals surface area (Å²) in [4.78, 5) is 12.2. The highest BCUT2D eigenvalue weighted by molar-refractivity contribution is 6.05. The van der Waals surface area contributed by atoms with Crippen LogP contribution in [0.3, 0.4) is 0 Å². The molecule has 20 heavy (non-hydrogen) atoms. The first-order chi connectivity index (χ1) is 9.55. The summed E-state index contributed by atoms with van der Waals surface area (Å²) in [6.07, 6.45) is 2.41. The van der Waals surface area contributed by atoms with Crippen molar-refractivity contribution in [3.8, 4) is 5.75 Å². The average Bonchev–Trinajstić information content (AvgIpc) is 2.80. The Morgan fingerprint density at radius 1 is 1.50 bits per heavy atom. The summed E-state index contributed by atoms with van der Waals surface area (Å²) in [7, 11) is 3.34. The number of hydrogen-bond acceptors (Lipinski definition) is 4. The van der Waals surface area contributed by atoms with Crippen LogP contribution in [0.5, 0.6) is 5.75 Å². The van der Waals surface area contributed by atoms with Gasteiger partial charge in [-0.1, -0.05) is 6.92 Å². The third kappa shape index (κ3) is 2.74. The molecule has 3 N–H and O–H groups in total. The van der Waals surface area contributed by atoms with Crippen LogP contribution in [0.25, 0.3) is 0 Å². The molecule has 1 aromatic heterocycles. The van der Waals surface area contributed by atoms with E-state index in [1.54, 1.807) is 43.2 Å². The number of nitrogens with two attached hydrogens (primary N) is 1. The Bertz CT molecular complexity index is 634. The van der Waals surface area contributed by atoms with E-state index in [1.807, 2.05) is 6.92 Å². The fourth-order valence-electron chi connectivity index (χ4n) is 2.00. The quantitative estimate of drug-likeness (QED) is 0.833. The summed E-state index contributed by atoms with van der Waals surface area (Å²) in [6.45, 7) is 1.96. The molecular formula is C14H18N4O2. The molecule has 0 aliphatic heterocycles. The zero-order chi connectivity index (χ0) is 14.7. The molecule has 0 saturated carbocycles. The van der Waals surface area contributed by atoms with E-state index in [2.05, 4.69) is 10.4 Å². The second-order valence-electron chi connectivity index (χ2n) is 4.43. The van der Waals surface area contributed by atoms with Gasteiger partial charge in [0.15, 0.2) is 0 Å². The molecule has 0 radical (unpaired) electrons. The maximum Gasteiger partial charge on any atom is 0.259 e. The first-order valence-corrected chi connectivity index (χ1v) is 6.32. The minimum Gasteiger partial charge on any atom is -0.495 e. The molecular weight excluding hydrogens is 256 g/mol. The highest BCUT2D eigenvalue weighted by atomic mass is 16.5. The molecule has 0 saturated heterocycles. The number of aromatic nitrogens is 2. The summed E-state index contributed by atoms with van der Waals surface area (Å²) in [5.74, 6) is 0.387. The number of anilines is 2. The molecule has 0 aliphatic carbocycles. The molecule has 106 valence electrons. The van der Waals surface area contributed by atoms with Crippen LogP contribution >= 0.6 is 0 Å². The van der Waals surface area contributed by atoms with Gasteiger partial charge in [0.25, 0.3) is 5.91 Å². The van der Waals surface area contributed by atoms with E-state index in [0.717, 1.165) is 5.69 Å². The minimum absolute atomic E-state index is 0.195. The van der Waals surface area contributed by atoms with Crippen LogP contribution in [-0.2, 0) is 13.5 Å². The monoisotopic (exact) mass is 274 g/mol. The molecule has 1 heterocycles. The summed E-state index contributed by atoms with van der Waals surface area (Å²) < 4.78 is 6.71. The lowest BCUT2D eigenvalue weighted by molar-refractivity contribution is 0.102. The summed E-state index contributed by atoms with van der Waals surface area (Å²) in [6, 6.07) is 5.13. The Hall–Kier alpha value is -2.50. The van der Waals surface area contributed by atoms with Gasteiger partial charge in [-0.05, 0) is 24.6 Å². The SMILES string of the molecule is CCc1nn(C)cc1C(=O)Nc1ccc(OC)c(N)c1. The third-order valence-electron chi connectivity index (χ3n) is 2.97. The number of amides is 1. The Kier molecular flexibility index (Phi) is 3.93. The van der Waals surface area contributed by atoms with E-state index in [0.29, 0.717) is 29.1 Å². The van der Waals surface area contributed by atoms with Gasteiger partial charge < -0.3 is 15.8 Å². The second-order valence-corrected chi connectivity index (χ2v) is 4.43. The predicted molar refractivity (Wildman–Crippen MR) is 77.9 cm³/mol. The molecule has 6 nitrogen and oxygen atoms in total. The van der Waals surface area contributed by atoms with Crippen molar-refractivity contribution in [2.24, 2.45) is 7.05 Å². The van der Waals surface area contributed by atoms with Crippen molar-refractivity contribution in [3.63, 3.8) is 0 Å².